The fourth-order valence-corrected chi connectivity index (χ4v) is 5.59. The van der Waals surface area contributed by atoms with Gasteiger partial charge in [0.25, 0.3) is 0 Å². The molecule has 0 aromatic heterocycles. The van der Waals surface area contributed by atoms with Crippen LogP contribution < -0.4 is 0 Å². The summed E-state index contributed by atoms with van der Waals surface area (Å²) in [5.41, 5.74) is 0. The van der Waals surface area contributed by atoms with Gasteiger partial charge < -0.3 is 14.5 Å². The van der Waals surface area contributed by atoms with Crippen molar-refractivity contribution < 1.29 is 14.3 Å². The molecular weight excluding hydrogens is 448 g/mol. The van der Waals surface area contributed by atoms with Gasteiger partial charge in [0.2, 0.25) is 5.91 Å². The number of amides is 1. The third-order valence-corrected chi connectivity index (χ3v) is 8.30. The van der Waals surface area contributed by atoms with Crippen LogP contribution in [-0.4, -0.2) is 61.0 Å². The van der Waals surface area contributed by atoms with Gasteiger partial charge in [0.05, 0.1) is 12.5 Å². The van der Waals surface area contributed by atoms with E-state index in [1.807, 2.05) is 11.8 Å². The van der Waals surface area contributed by atoms with Gasteiger partial charge in [-0.05, 0) is 77.9 Å². The maximum atomic E-state index is 12.7. The number of hydrogen-bond donors (Lipinski definition) is 0. The molecule has 2 atom stereocenters. The third-order valence-electron chi connectivity index (χ3n) is 8.30. The van der Waals surface area contributed by atoms with Crippen molar-refractivity contribution in [2.75, 3.05) is 33.3 Å². The van der Waals surface area contributed by atoms with Gasteiger partial charge in [0, 0.05) is 19.0 Å². The average molecular weight is 505 g/mol. The highest BCUT2D eigenvalue weighted by Crippen LogP contribution is 2.28. The number of rotatable bonds is 19. The van der Waals surface area contributed by atoms with Gasteiger partial charge in [0.1, 0.15) is 0 Å². The van der Waals surface area contributed by atoms with E-state index in [1.165, 1.54) is 77.0 Å². The largest absolute Gasteiger partial charge is 0.465 e. The van der Waals surface area contributed by atoms with E-state index in [1.54, 1.807) is 0 Å². The summed E-state index contributed by atoms with van der Waals surface area (Å²) in [5, 5.41) is 0. The molecule has 0 spiro atoms. The molecule has 36 heavy (non-hydrogen) atoms. The van der Waals surface area contributed by atoms with Gasteiger partial charge in [-0.25, -0.2) is 0 Å². The Kier molecular flexibility index (Phi) is 16.1. The van der Waals surface area contributed by atoms with Crippen LogP contribution in [0.25, 0.3) is 0 Å². The highest BCUT2D eigenvalue weighted by Gasteiger charge is 2.41. The molecule has 0 N–H and O–H groups in total. The minimum Gasteiger partial charge on any atom is -0.465 e. The highest BCUT2D eigenvalue weighted by molar-refractivity contribution is 5.87. The molecule has 1 amide bonds. The van der Waals surface area contributed by atoms with Crippen LogP contribution in [0.15, 0.2) is 12.2 Å². The number of piperidine rings is 1. The summed E-state index contributed by atoms with van der Waals surface area (Å²) in [4.78, 5) is 29.5. The first-order valence-corrected chi connectivity index (χ1v) is 15.3. The van der Waals surface area contributed by atoms with E-state index in [0.717, 1.165) is 45.3 Å². The van der Waals surface area contributed by atoms with Crippen molar-refractivity contribution in [2.45, 2.75) is 129 Å². The van der Waals surface area contributed by atoms with Gasteiger partial charge in [0.15, 0.2) is 0 Å². The van der Waals surface area contributed by atoms with Crippen LogP contribution >= 0.6 is 0 Å². The number of carbonyl (C=O) groups excluding carboxylic acids is 2. The van der Waals surface area contributed by atoms with E-state index in [0.29, 0.717) is 18.9 Å². The summed E-state index contributed by atoms with van der Waals surface area (Å²) in [5.74, 6) is 0.127. The van der Waals surface area contributed by atoms with E-state index in [-0.39, 0.29) is 23.8 Å². The minimum absolute atomic E-state index is 0.0365. The highest BCUT2D eigenvalue weighted by atomic mass is 16.5. The zero-order valence-corrected chi connectivity index (χ0v) is 23.9. The van der Waals surface area contributed by atoms with Crippen LogP contribution in [-0.2, 0) is 14.3 Å². The molecule has 2 rings (SSSR count). The van der Waals surface area contributed by atoms with Gasteiger partial charge in [-0.3, -0.25) is 9.59 Å². The Balaban J connectivity index is 1.46. The van der Waals surface area contributed by atoms with E-state index < -0.39 is 0 Å². The van der Waals surface area contributed by atoms with Crippen molar-refractivity contribution in [3.63, 3.8) is 0 Å². The summed E-state index contributed by atoms with van der Waals surface area (Å²) in [6.45, 7) is 7.73. The van der Waals surface area contributed by atoms with E-state index >= 15 is 0 Å². The maximum absolute atomic E-state index is 12.7. The first kappa shape index (κ1) is 30.9. The predicted octanol–water partition coefficient (Wildman–Crippen LogP) is 7.15. The van der Waals surface area contributed by atoms with Gasteiger partial charge in [-0.15, -0.1) is 0 Å². The number of allylic oxidation sites excluding steroid dienone is 2. The molecule has 0 aromatic carbocycles. The Bertz CT molecular complexity index is 627. The predicted molar refractivity (Wildman–Crippen MR) is 150 cm³/mol. The SMILES string of the molecule is CCCCCCCC/C=C\CCCCCCCCN1C(=O)C[C@H](C(=O)OCC2CCN(C)CC2)[C@H]1C. The molecule has 2 fully saturated rings. The Morgan fingerprint density at radius 3 is 2.06 bits per heavy atom. The first-order valence-electron chi connectivity index (χ1n) is 15.3. The molecule has 5 heteroatoms. The lowest BCUT2D eigenvalue weighted by molar-refractivity contribution is -0.151. The van der Waals surface area contributed by atoms with E-state index in [2.05, 4.69) is 31.0 Å². The van der Waals surface area contributed by atoms with Crippen LogP contribution in [0.3, 0.4) is 0 Å². The van der Waals surface area contributed by atoms with Crippen LogP contribution in [0.5, 0.6) is 0 Å². The lowest BCUT2D eigenvalue weighted by atomic mass is 9.98. The van der Waals surface area contributed by atoms with Crippen LogP contribution in [0.4, 0.5) is 0 Å². The quantitative estimate of drug-likeness (QED) is 0.106. The summed E-state index contributed by atoms with van der Waals surface area (Å²) in [7, 11) is 2.14. The summed E-state index contributed by atoms with van der Waals surface area (Å²) in [6.07, 6.45) is 25.3. The molecule has 0 saturated carbocycles. The number of carbonyl (C=O) groups is 2. The van der Waals surface area contributed by atoms with Gasteiger partial charge in [-0.1, -0.05) is 76.9 Å². The fourth-order valence-electron chi connectivity index (χ4n) is 5.59. The van der Waals surface area contributed by atoms with Crippen molar-refractivity contribution in [1.82, 2.24) is 9.80 Å². The standard InChI is InChI=1S/C31H56N2O3/c1-4-5-6-7-8-9-10-11-12-13-14-15-16-17-18-19-22-33-27(2)29(25-30(33)34)31(35)36-26-28-20-23-32(3)24-21-28/h11-12,27-29H,4-10,13-26H2,1-3H3/b12-11-/t27-,29+/m1/s1. The first-order chi connectivity index (χ1) is 17.5. The molecule has 2 aliphatic heterocycles. The smallest absolute Gasteiger partial charge is 0.311 e. The Morgan fingerprint density at radius 1 is 0.889 bits per heavy atom. The molecule has 0 aliphatic carbocycles. The lowest BCUT2D eigenvalue weighted by Crippen LogP contribution is -2.37. The van der Waals surface area contributed by atoms with E-state index in [9.17, 15) is 9.59 Å². The van der Waals surface area contributed by atoms with Crippen LogP contribution in [0.1, 0.15) is 123 Å². The Morgan fingerprint density at radius 2 is 1.44 bits per heavy atom. The van der Waals surface area contributed by atoms with Crippen molar-refractivity contribution in [1.29, 1.82) is 0 Å². The Labute approximate surface area is 222 Å². The molecule has 5 nitrogen and oxygen atoms in total. The number of unbranched alkanes of at least 4 members (excludes halogenated alkanes) is 12. The fraction of sp³-hybridized carbons (Fsp3) is 0.871. The van der Waals surface area contributed by atoms with Crippen molar-refractivity contribution in [3.05, 3.63) is 12.2 Å². The van der Waals surface area contributed by atoms with Crippen molar-refractivity contribution >= 4 is 11.9 Å². The number of esters is 1. The number of nitrogens with zero attached hydrogens (tertiary/aromatic N) is 2. The molecule has 0 unspecified atom stereocenters. The second-order valence-corrected chi connectivity index (χ2v) is 11.5. The summed E-state index contributed by atoms with van der Waals surface area (Å²) < 4.78 is 5.66. The van der Waals surface area contributed by atoms with E-state index in [4.69, 9.17) is 4.74 Å². The summed E-state index contributed by atoms with van der Waals surface area (Å²) >= 11 is 0. The maximum Gasteiger partial charge on any atom is 0.311 e. The molecule has 0 bridgehead atoms. The second kappa shape index (κ2) is 18.8. The zero-order valence-electron chi connectivity index (χ0n) is 23.9. The van der Waals surface area contributed by atoms with Gasteiger partial charge >= 0.3 is 5.97 Å². The van der Waals surface area contributed by atoms with Crippen molar-refractivity contribution in [3.8, 4) is 0 Å². The second-order valence-electron chi connectivity index (χ2n) is 11.5. The average Bonchev–Trinajstić information content (AvgIpc) is 3.16. The molecule has 0 aromatic rings. The lowest BCUT2D eigenvalue weighted by Gasteiger charge is -2.29. The number of hydrogen-bond acceptors (Lipinski definition) is 4. The van der Waals surface area contributed by atoms with Crippen LogP contribution in [0, 0.1) is 11.8 Å². The molecule has 208 valence electrons. The normalized spacial score (nSPS) is 21.6. The molecule has 0 radical (unpaired) electrons. The number of ether oxygens (including phenoxy) is 1. The third kappa shape index (κ3) is 12.3. The minimum atomic E-state index is -0.294. The topological polar surface area (TPSA) is 49.9 Å². The Hall–Kier alpha value is -1.36. The molecule has 2 heterocycles. The molecular formula is C31H56N2O3. The van der Waals surface area contributed by atoms with Crippen LogP contribution in [0.2, 0.25) is 0 Å². The van der Waals surface area contributed by atoms with Gasteiger partial charge in [-0.2, -0.15) is 0 Å². The van der Waals surface area contributed by atoms with Crippen molar-refractivity contribution in [2.24, 2.45) is 11.8 Å². The monoisotopic (exact) mass is 504 g/mol. The summed E-state index contributed by atoms with van der Waals surface area (Å²) in [6, 6.07) is -0.0365. The molecule has 2 saturated heterocycles. The molecule has 2 aliphatic rings. The zero-order chi connectivity index (χ0) is 26.0. The number of likely N-dealkylation sites (tertiary alicyclic amines) is 2.